The molecule has 0 aliphatic heterocycles. The third kappa shape index (κ3) is 3.07. The Morgan fingerprint density at radius 1 is 1.33 bits per heavy atom. The molecule has 0 aliphatic rings. The molecule has 0 atom stereocenters. The first kappa shape index (κ1) is 12.1. The highest BCUT2D eigenvalue weighted by Crippen LogP contribution is 2.06. The predicted molar refractivity (Wildman–Crippen MR) is 66.1 cm³/mol. The van der Waals surface area contributed by atoms with Gasteiger partial charge < -0.3 is 15.1 Å². The molecule has 6 heteroatoms. The van der Waals surface area contributed by atoms with Crippen LogP contribution in [0, 0.1) is 0 Å². The summed E-state index contributed by atoms with van der Waals surface area (Å²) >= 11 is 0. The van der Waals surface area contributed by atoms with Gasteiger partial charge in [-0.1, -0.05) is 0 Å². The van der Waals surface area contributed by atoms with Gasteiger partial charge >= 0.3 is 0 Å². The summed E-state index contributed by atoms with van der Waals surface area (Å²) in [5.41, 5.74) is 1.33. The quantitative estimate of drug-likeness (QED) is 0.834. The highest BCUT2D eigenvalue weighted by Gasteiger charge is 2.06. The van der Waals surface area contributed by atoms with Gasteiger partial charge in [-0.2, -0.15) is 0 Å². The predicted octanol–water partition coefficient (Wildman–Crippen LogP) is 1.43. The highest BCUT2D eigenvalue weighted by atomic mass is 16.3. The average Bonchev–Trinajstić information content (AvgIpc) is 2.90. The van der Waals surface area contributed by atoms with Crippen molar-refractivity contribution in [3.05, 3.63) is 42.0 Å². The van der Waals surface area contributed by atoms with Crippen LogP contribution in [0.1, 0.15) is 23.0 Å². The zero-order chi connectivity index (χ0) is 12.8. The van der Waals surface area contributed by atoms with E-state index in [0.29, 0.717) is 24.6 Å². The van der Waals surface area contributed by atoms with Gasteiger partial charge in [0.1, 0.15) is 5.82 Å². The van der Waals surface area contributed by atoms with Crippen LogP contribution in [0.25, 0.3) is 0 Å². The molecule has 0 saturated carbocycles. The summed E-state index contributed by atoms with van der Waals surface area (Å²) in [4.78, 5) is 11.5. The highest BCUT2D eigenvalue weighted by molar-refractivity contribution is 5.92. The fourth-order valence-electron chi connectivity index (χ4n) is 1.38. The Morgan fingerprint density at radius 2 is 2.22 bits per heavy atom. The van der Waals surface area contributed by atoms with Gasteiger partial charge in [-0.05, 0) is 25.1 Å². The van der Waals surface area contributed by atoms with Crippen LogP contribution in [-0.2, 0) is 6.54 Å². The van der Waals surface area contributed by atoms with E-state index < -0.39 is 0 Å². The molecule has 0 aliphatic carbocycles. The zero-order valence-corrected chi connectivity index (χ0v) is 10.0. The van der Waals surface area contributed by atoms with Gasteiger partial charge in [0.2, 0.25) is 0 Å². The Kier molecular flexibility index (Phi) is 3.90. The molecule has 2 rings (SSSR count). The minimum atomic E-state index is -0.216. The lowest BCUT2D eigenvalue weighted by Crippen LogP contribution is -2.24. The molecule has 0 unspecified atom stereocenters. The second-order valence-corrected chi connectivity index (χ2v) is 3.65. The van der Waals surface area contributed by atoms with Crippen LogP contribution in [0.5, 0.6) is 0 Å². The van der Waals surface area contributed by atoms with Gasteiger partial charge in [0.05, 0.1) is 12.5 Å². The number of furan rings is 1. The van der Waals surface area contributed by atoms with Crippen LogP contribution in [-0.4, -0.2) is 22.6 Å². The lowest BCUT2D eigenvalue weighted by Gasteiger charge is -2.04. The lowest BCUT2D eigenvalue weighted by molar-refractivity contribution is 0.0950. The molecular formula is C12H14N4O2. The second kappa shape index (κ2) is 5.81. The lowest BCUT2D eigenvalue weighted by atomic mass is 10.3. The normalized spacial score (nSPS) is 10.1. The number of nitrogens with zero attached hydrogens (tertiary/aromatic N) is 2. The van der Waals surface area contributed by atoms with E-state index in [-0.39, 0.29) is 5.91 Å². The summed E-state index contributed by atoms with van der Waals surface area (Å²) in [5.74, 6) is 0.399. The molecule has 2 N–H and O–H groups in total. The number of aromatic nitrogens is 2. The first-order valence-corrected chi connectivity index (χ1v) is 5.66. The number of hydrogen-bond donors (Lipinski definition) is 2. The van der Waals surface area contributed by atoms with E-state index in [0.717, 1.165) is 5.56 Å². The van der Waals surface area contributed by atoms with Gasteiger partial charge in [-0.15, -0.1) is 10.2 Å². The maximum absolute atomic E-state index is 11.5. The van der Waals surface area contributed by atoms with Crippen molar-refractivity contribution in [2.24, 2.45) is 0 Å². The molecule has 2 aromatic heterocycles. The number of nitrogens with one attached hydrogen (secondary N) is 2. The third-order valence-corrected chi connectivity index (χ3v) is 2.29. The van der Waals surface area contributed by atoms with Crippen molar-refractivity contribution in [3.8, 4) is 0 Å². The minimum Gasteiger partial charge on any atom is -0.472 e. The van der Waals surface area contributed by atoms with Crippen LogP contribution >= 0.6 is 0 Å². The third-order valence-electron chi connectivity index (χ3n) is 2.29. The smallest absolute Gasteiger partial charge is 0.271 e. The first-order chi connectivity index (χ1) is 8.79. The van der Waals surface area contributed by atoms with Crippen LogP contribution < -0.4 is 10.6 Å². The number of hydrogen-bond acceptors (Lipinski definition) is 5. The number of anilines is 1. The molecule has 1 amide bonds. The van der Waals surface area contributed by atoms with E-state index in [2.05, 4.69) is 20.8 Å². The van der Waals surface area contributed by atoms with Crippen molar-refractivity contribution < 1.29 is 9.21 Å². The maximum Gasteiger partial charge on any atom is 0.271 e. The Labute approximate surface area is 104 Å². The summed E-state index contributed by atoms with van der Waals surface area (Å²) in [7, 11) is 0. The van der Waals surface area contributed by atoms with Crippen molar-refractivity contribution in [2.75, 3.05) is 11.9 Å². The molecule has 0 bridgehead atoms. The Morgan fingerprint density at radius 3 is 2.83 bits per heavy atom. The van der Waals surface area contributed by atoms with Crippen LogP contribution in [0.15, 0.2) is 35.1 Å². The van der Waals surface area contributed by atoms with Crippen LogP contribution in [0.2, 0.25) is 0 Å². The SMILES string of the molecule is CCNC(=O)c1ccc(NCc2ccoc2)nn1. The molecule has 0 aromatic carbocycles. The molecule has 0 radical (unpaired) electrons. The molecule has 0 fully saturated rings. The van der Waals surface area contributed by atoms with Crippen molar-refractivity contribution in [1.29, 1.82) is 0 Å². The summed E-state index contributed by atoms with van der Waals surface area (Å²) in [6, 6.07) is 5.22. The van der Waals surface area contributed by atoms with Crippen molar-refractivity contribution in [3.63, 3.8) is 0 Å². The Balaban J connectivity index is 1.93. The second-order valence-electron chi connectivity index (χ2n) is 3.65. The van der Waals surface area contributed by atoms with Gasteiger partial charge in [0.15, 0.2) is 5.69 Å². The Hall–Kier alpha value is -2.37. The molecule has 6 nitrogen and oxygen atoms in total. The van der Waals surface area contributed by atoms with E-state index in [1.165, 1.54) is 0 Å². The minimum absolute atomic E-state index is 0.216. The monoisotopic (exact) mass is 246 g/mol. The standard InChI is InChI=1S/C12H14N4O2/c1-2-13-12(17)10-3-4-11(16-15-10)14-7-9-5-6-18-8-9/h3-6,8H,2,7H2,1H3,(H,13,17)(H,14,16). The maximum atomic E-state index is 11.5. The van der Waals surface area contributed by atoms with E-state index in [9.17, 15) is 4.79 Å². The number of carbonyl (C=O) groups is 1. The van der Waals surface area contributed by atoms with E-state index in [4.69, 9.17) is 4.42 Å². The van der Waals surface area contributed by atoms with Crippen molar-refractivity contribution in [1.82, 2.24) is 15.5 Å². The molecule has 18 heavy (non-hydrogen) atoms. The van der Waals surface area contributed by atoms with E-state index >= 15 is 0 Å². The fraction of sp³-hybridized carbons (Fsp3) is 0.250. The van der Waals surface area contributed by atoms with Crippen molar-refractivity contribution >= 4 is 11.7 Å². The van der Waals surface area contributed by atoms with Gasteiger partial charge in [0.25, 0.3) is 5.91 Å². The number of rotatable bonds is 5. The Bertz CT molecular complexity index is 493. The zero-order valence-electron chi connectivity index (χ0n) is 10.0. The molecular weight excluding hydrogens is 232 g/mol. The van der Waals surface area contributed by atoms with Gasteiger partial charge in [-0.25, -0.2) is 0 Å². The summed E-state index contributed by atoms with van der Waals surface area (Å²) in [5, 5.41) is 13.5. The summed E-state index contributed by atoms with van der Waals surface area (Å²) < 4.78 is 4.95. The average molecular weight is 246 g/mol. The molecule has 94 valence electrons. The van der Waals surface area contributed by atoms with Gasteiger partial charge in [0, 0.05) is 18.7 Å². The molecule has 0 spiro atoms. The number of amides is 1. The summed E-state index contributed by atoms with van der Waals surface area (Å²) in [6.45, 7) is 3.03. The van der Waals surface area contributed by atoms with Gasteiger partial charge in [-0.3, -0.25) is 4.79 Å². The molecule has 2 aromatic rings. The van der Waals surface area contributed by atoms with E-state index in [1.54, 1.807) is 24.7 Å². The number of carbonyl (C=O) groups excluding carboxylic acids is 1. The molecule has 2 heterocycles. The van der Waals surface area contributed by atoms with Crippen molar-refractivity contribution in [2.45, 2.75) is 13.5 Å². The summed E-state index contributed by atoms with van der Waals surface area (Å²) in [6.07, 6.45) is 3.27. The topological polar surface area (TPSA) is 80.0 Å². The van der Waals surface area contributed by atoms with Crippen LogP contribution in [0.4, 0.5) is 5.82 Å². The first-order valence-electron chi connectivity index (χ1n) is 5.66. The largest absolute Gasteiger partial charge is 0.472 e. The fourth-order valence-corrected chi connectivity index (χ4v) is 1.38. The van der Waals surface area contributed by atoms with E-state index in [1.807, 2.05) is 13.0 Å². The van der Waals surface area contributed by atoms with Crippen LogP contribution in [0.3, 0.4) is 0 Å². The molecule has 0 saturated heterocycles.